The Morgan fingerprint density at radius 2 is 1.59 bits per heavy atom. The van der Waals surface area contributed by atoms with E-state index in [0.29, 0.717) is 11.1 Å². The molecule has 7 nitrogen and oxygen atoms in total. The Bertz CT molecular complexity index is 1290. The third-order valence-electron chi connectivity index (χ3n) is 5.81. The van der Waals surface area contributed by atoms with E-state index in [1.54, 1.807) is 32.9 Å². The summed E-state index contributed by atoms with van der Waals surface area (Å²) in [5.41, 5.74) is 6.64. The number of carbonyl (C=O) groups is 2. The number of hydrogen-bond donors (Lipinski definition) is 1. The SMILES string of the molecule is CCOC(=O)C1=C(N)N(c2cccc(C(F)(F)F)c2)C(CC)=C(C(=O)OCC)C1c1ccc(C#N)cc1. The topological polar surface area (TPSA) is 106 Å². The molecule has 0 saturated heterocycles. The van der Waals surface area contributed by atoms with Crippen molar-refractivity contribution in [2.45, 2.75) is 39.3 Å². The summed E-state index contributed by atoms with van der Waals surface area (Å²) < 4.78 is 51.1. The normalized spacial score (nSPS) is 15.9. The van der Waals surface area contributed by atoms with Crippen LogP contribution < -0.4 is 10.6 Å². The zero-order valence-corrected chi connectivity index (χ0v) is 20.6. The molecule has 0 aromatic heterocycles. The van der Waals surface area contributed by atoms with Crippen molar-refractivity contribution in [2.75, 3.05) is 18.1 Å². The highest BCUT2D eigenvalue weighted by Gasteiger charge is 2.43. The Balaban J connectivity index is 2.38. The minimum Gasteiger partial charge on any atom is -0.463 e. The molecule has 2 aromatic rings. The Kier molecular flexibility index (Phi) is 8.28. The molecule has 0 radical (unpaired) electrons. The van der Waals surface area contributed by atoms with Crippen molar-refractivity contribution in [1.29, 1.82) is 5.26 Å². The van der Waals surface area contributed by atoms with E-state index < -0.39 is 29.6 Å². The van der Waals surface area contributed by atoms with Crippen LogP contribution in [-0.4, -0.2) is 25.2 Å². The summed E-state index contributed by atoms with van der Waals surface area (Å²) in [6, 6.07) is 12.7. The number of halogens is 3. The minimum atomic E-state index is -4.63. The lowest BCUT2D eigenvalue weighted by molar-refractivity contribution is -0.140. The Morgan fingerprint density at radius 3 is 2.11 bits per heavy atom. The molecule has 0 fully saturated rings. The molecule has 2 aromatic carbocycles. The number of esters is 2. The van der Waals surface area contributed by atoms with Crippen molar-refractivity contribution in [2.24, 2.45) is 5.73 Å². The molecule has 37 heavy (non-hydrogen) atoms. The number of rotatable bonds is 7. The lowest BCUT2D eigenvalue weighted by Gasteiger charge is -2.38. The standard InChI is InChI=1S/C27H26F3N3O4/c1-4-20-22(25(34)36-5-2)21(17-12-10-16(15-31)11-13-17)23(26(35)37-6-3)24(32)33(20)19-9-7-8-18(14-19)27(28,29)30/h7-14,21H,4-6,32H2,1-3H3. The van der Waals surface area contributed by atoms with Crippen LogP contribution in [0.2, 0.25) is 0 Å². The van der Waals surface area contributed by atoms with Crippen LogP contribution in [0.5, 0.6) is 0 Å². The van der Waals surface area contributed by atoms with Gasteiger partial charge in [0.05, 0.1) is 47.5 Å². The van der Waals surface area contributed by atoms with Gasteiger partial charge < -0.3 is 15.2 Å². The van der Waals surface area contributed by atoms with Gasteiger partial charge in [-0.05, 0) is 56.2 Å². The first-order valence-corrected chi connectivity index (χ1v) is 11.6. The number of allylic oxidation sites excluding steroid dienone is 1. The molecule has 1 aliphatic rings. The fraction of sp³-hybridized carbons (Fsp3) is 0.296. The van der Waals surface area contributed by atoms with Crippen LogP contribution in [0.3, 0.4) is 0 Å². The average Bonchev–Trinajstić information content (AvgIpc) is 2.87. The molecule has 1 heterocycles. The number of nitrogens with zero attached hydrogens (tertiary/aromatic N) is 2. The van der Waals surface area contributed by atoms with E-state index in [4.69, 9.17) is 15.2 Å². The van der Waals surface area contributed by atoms with E-state index in [2.05, 4.69) is 0 Å². The Morgan fingerprint density at radius 1 is 1.00 bits per heavy atom. The summed E-state index contributed by atoms with van der Waals surface area (Å²) in [7, 11) is 0. The van der Waals surface area contributed by atoms with Crippen molar-refractivity contribution in [3.63, 3.8) is 0 Å². The van der Waals surface area contributed by atoms with Crippen LogP contribution >= 0.6 is 0 Å². The largest absolute Gasteiger partial charge is 0.463 e. The quantitative estimate of drug-likeness (QED) is 0.511. The summed E-state index contributed by atoms with van der Waals surface area (Å²) in [6.45, 7) is 4.95. The number of hydrogen-bond acceptors (Lipinski definition) is 7. The van der Waals surface area contributed by atoms with Gasteiger partial charge in [-0.25, -0.2) is 9.59 Å². The highest BCUT2D eigenvalue weighted by Crippen LogP contribution is 2.45. The molecule has 0 saturated carbocycles. The summed E-state index contributed by atoms with van der Waals surface area (Å²) in [4.78, 5) is 27.9. The first-order chi connectivity index (χ1) is 17.6. The van der Waals surface area contributed by atoms with E-state index in [9.17, 15) is 28.0 Å². The predicted octanol–water partition coefficient (Wildman–Crippen LogP) is 5.14. The second kappa shape index (κ2) is 11.2. The molecule has 3 rings (SSSR count). The van der Waals surface area contributed by atoms with Crippen LogP contribution in [0, 0.1) is 11.3 Å². The van der Waals surface area contributed by atoms with Gasteiger partial charge >= 0.3 is 18.1 Å². The zero-order chi connectivity index (χ0) is 27.3. The van der Waals surface area contributed by atoms with Gasteiger partial charge in [0.1, 0.15) is 5.82 Å². The van der Waals surface area contributed by atoms with Gasteiger partial charge in [-0.3, -0.25) is 4.90 Å². The second-order valence-corrected chi connectivity index (χ2v) is 8.00. The first kappa shape index (κ1) is 27.3. The van der Waals surface area contributed by atoms with Crippen LogP contribution in [0.15, 0.2) is 71.2 Å². The molecule has 1 atom stereocenters. The van der Waals surface area contributed by atoms with Crippen molar-refractivity contribution >= 4 is 17.6 Å². The molecule has 0 spiro atoms. The zero-order valence-electron chi connectivity index (χ0n) is 20.6. The lowest BCUT2D eigenvalue weighted by Crippen LogP contribution is -2.40. The third-order valence-corrected chi connectivity index (χ3v) is 5.81. The smallest absolute Gasteiger partial charge is 0.416 e. The summed E-state index contributed by atoms with van der Waals surface area (Å²) in [5, 5.41) is 9.20. The van der Waals surface area contributed by atoms with E-state index in [1.807, 2.05) is 6.07 Å². The summed E-state index contributed by atoms with van der Waals surface area (Å²) >= 11 is 0. The van der Waals surface area contributed by atoms with E-state index in [1.165, 1.54) is 29.2 Å². The maximum absolute atomic E-state index is 13.5. The Labute approximate surface area is 212 Å². The van der Waals surface area contributed by atoms with Crippen LogP contribution in [-0.2, 0) is 25.2 Å². The van der Waals surface area contributed by atoms with Gasteiger partial charge in [0.25, 0.3) is 0 Å². The molecule has 0 aliphatic carbocycles. The van der Waals surface area contributed by atoms with Gasteiger partial charge in [0.15, 0.2) is 0 Å². The van der Waals surface area contributed by atoms with Crippen LogP contribution in [0.1, 0.15) is 49.8 Å². The monoisotopic (exact) mass is 513 g/mol. The number of nitriles is 1. The van der Waals surface area contributed by atoms with E-state index in [-0.39, 0.29) is 48.0 Å². The maximum Gasteiger partial charge on any atom is 0.416 e. The molecular formula is C27H26F3N3O4. The van der Waals surface area contributed by atoms with E-state index in [0.717, 1.165) is 12.1 Å². The minimum absolute atomic E-state index is 0.00164. The molecule has 194 valence electrons. The number of anilines is 1. The molecule has 0 amide bonds. The van der Waals surface area contributed by atoms with Crippen LogP contribution in [0.4, 0.5) is 18.9 Å². The Hall–Kier alpha value is -4.26. The summed E-state index contributed by atoms with van der Waals surface area (Å²) in [5.74, 6) is -2.79. The van der Waals surface area contributed by atoms with Gasteiger partial charge in [0, 0.05) is 11.4 Å². The van der Waals surface area contributed by atoms with Crippen molar-refractivity contribution in [3.8, 4) is 6.07 Å². The van der Waals surface area contributed by atoms with Gasteiger partial charge in [-0.2, -0.15) is 18.4 Å². The lowest BCUT2D eigenvalue weighted by atomic mass is 9.79. The molecule has 1 unspecified atom stereocenters. The molecule has 1 aliphatic heterocycles. The highest BCUT2D eigenvalue weighted by molar-refractivity contribution is 6.01. The number of nitrogens with two attached hydrogens (primary N) is 1. The number of carbonyl (C=O) groups excluding carboxylic acids is 2. The molecule has 10 heteroatoms. The second-order valence-electron chi connectivity index (χ2n) is 8.00. The maximum atomic E-state index is 13.5. The van der Waals surface area contributed by atoms with E-state index >= 15 is 0 Å². The van der Waals surface area contributed by atoms with Gasteiger partial charge in [0.2, 0.25) is 0 Å². The van der Waals surface area contributed by atoms with Gasteiger partial charge in [-0.1, -0.05) is 25.1 Å². The number of benzene rings is 2. The number of alkyl halides is 3. The molecule has 2 N–H and O–H groups in total. The van der Waals surface area contributed by atoms with Gasteiger partial charge in [-0.15, -0.1) is 0 Å². The first-order valence-electron chi connectivity index (χ1n) is 11.6. The third kappa shape index (κ3) is 5.45. The molecular weight excluding hydrogens is 487 g/mol. The average molecular weight is 514 g/mol. The molecule has 0 bridgehead atoms. The fourth-order valence-corrected chi connectivity index (χ4v) is 4.27. The number of ether oxygens (including phenoxy) is 2. The predicted molar refractivity (Wildman–Crippen MR) is 130 cm³/mol. The van der Waals surface area contributed by atoms with Crippen LogP contribution in [0.25, 0.3) is 0 Å². The van der Waals surface area contributed by atoms with Crippen molar-refractivity contribution in [3.05, 3.63) is 87.9 Å². The summed E-state index contributed by atoms with van der Waals surface area (Å²) in [6.07, 6.45) is -4.45. The van der Waals surface area contributed by atoms with Crippen molar-refractivity contribution in [1.82, 2.24) is 0 Å². The fourth-order valence-electron chi connectivity index (χ4n) is 4.27. The highest BCUT2D eigenvalue weighted by atomic mass is 19.4. The van der Waals surface area contributed by atoms with Crippen molar-refractivity contribution < 1.29 is 32.2 Å².